The molecule has 1 rings (SSSR count). The third-order valence-corrected chi connectivity index (χ3v) is 2.70. The zero-order valence-electron chi connectivity index (χ0n) is 8.36. The van der Waals surface area contributed by atoms with E-state index in [0.717, 1.165) is 6.42 Å². The van der Waals surface area contributed by atoms with E-state index in [9.17, 15) is 13.0 Å². The van der Waals surface area contributed by atoms with E-state index in [4.69, 9.17) is 0 Å². The van der Waals surface area contributed by atoms with Crippen molar-refractivity contribution in [3.63, 3.8) is 0 Å². The van der Waals surface area contributed by atoms with Gasteiger partial charge in [0, 0.05) is 0 Å². The van der Waals surface area contributed by atoms with Crippen LogP contribution in [0.1, 0.15) is 18.9 Å². The van der Waals surface area contributed by atoms with E-state index in [0.29, 0.717) is 12.0 Å². The van der Waals surface area contributed by atoms with Crippen molar-refractivity contribution in [1.29, 1.82) is 0 Å². The average molecular weight is 238 g/mol. The molecule has 0 unspecified atom stereocenters. The summed E-state index contributed by atoms with van der Waals surface area (Å²) in [5.41, 5.74) is 0.611. The summed E-state index contributed by atoms with van der Waals surface area (Å²) >= 11 is 0. The smallest absolute Gasteiger partial charge is 0.744 e. The quantitative estimate of drug-likeness (QED) is 0.478. The van der Waals surface area contributed by atoms with Gasteiger partial charge >= 0.3 is 51.4 Å². The molecular weight excluding hydrogens is 227 g/mol. The molecule has 0 atom stereocenters. The van der Waals surface area contributed by atoms with Gasteiger partial charge in [0.2, 0.25) is 0 Å². The van der Waals surface area contributed by atoms with Crippen LogP contribution in [0.25, 0.3) is 0 Å². The van der Waals surface area contributed by atoms with Gasteiger partial charge in [-0.25, -0.2) is 8.42 Å². The van der Waals surface area contributed by atoms with Gasteiger partial charge in [-0.15, -0.1) is 0 Å². The molecule has 0 aromatic heterocycles. The van der Waals surface area contributed by atoms with Crippen molar-refractivity contribution >= 4 is 10.1 Å². The first-order valence-electron chi connectivity index (χ1n) is 4.09. The molecule has 1 aromatic rings. The SMILES string of the molecule is CCCc1ccccc1S(=O)(=O)[O-].[K+]. The third-order valence-electron chi connectivity index (χ3n) is 1.76. The first-order valence-corrected chi connectivity index (χ1v) is 5.50. The fourth-order valence-electron chi connectivity index (χ4n) is 1.22. The molecule has 0 spiro atoms. The summed E-state index contributed by atoms with van der Waals surface area (Å²) in [6, 6.07) is 6.32. The zero-order chi connectivity index (χ0) is 9.90. The largest absolute Gasteiger partial charge is 1.00 e. The fraction of sp³-hybridized carbons (Fsp3) is 0.333. The van der Waals surface area contributed by atoms with Crippen molar-refractivity contribution in [2.24, 2.45) is 0 Å². The van der Waals surface area contributed by atoms with E-state index in [2.05, 4.69) is 0 Å². The summed E-state index contributed by atoms with van der Waals surface area (Å²) in [6.07, 6.45) is 1.45. The Morgan fingerprint density at radius 3 is 2.36 bits per heavy atom. The number of benzene rings is 1. The van der Waals surface area contributed by atoms with Crippen LogP contribution in [0.15, 0.2) is 29.2 Å². The van der Waals surface area contributed by atoms with E-state index in [1.165, 1.54) is 6.07 Å². The first-order chi connectivity index (χ1) is 6.05. The maximum atomic E-state index is 10.8. The van der Waals surface area contributed by atoms with E-state index in [1.807, 2.05) is 6.92 Å². The predicted molar refractivity (Wildman–Crippen MR) is 48.4 cm³/mol. The van der Waals surface area contributed by atoms with Crippen molar-refractivity contribution in [1.82, 2.24) is 0 Å². The molecule has 0 amide bonds. The van der Waals surface area contributed by atoms with Crippen LogP contribution < -0.4 is 51.4 Å². The molecule has 0 aliphatic heterocycles. The summed E-state index contributed by atoms with van der Waals surface area (Å²) in [4.78, 5) is -0.0862. The molecule has 5 heteroatoms. The predicted octanol–water partition coefficient (Wildman–Crippen LogP) is -1.45. The molecule has 1 aromatic carbocycles. The van der Waals surface area contributed by atoms with Crippen molar-refractivity contribution in [2.75, 3.05) is 0 Å². The van der Waals surface area contributed by atoms with E-state index in [-0.39, 0.29) is 56.3 Å². The summed E-state index contributed by atoms with van der Waals surface area (Å²) in [7, 11) is -4.31. The maximum Gasteiger partial charge on any atom is 1.00 e. The Hall–Kier alpha value is 0.766. The molecule has 0 aliphatic carbocycles. The molecule has 0 heterocycles. The number of aryl methyl sites for hydroxylation is 1. The molecular formula is C9H11KO3S. The Bertz CT molecular complexity index is 387. The van der Waals surface area contributed by atoms with Gasteiger partial charge in [0.15, 0.2) is 0 Å². The summed E-state index contributed by atoms with van der Waals surface area (Å²) in [5, 5.41) is 0. The van der Waals surface area contributed by atoms with Crippen molar-refractivity contribution < 1.29 is 64.4 Å². The molecule has 0 bridgehead atoms. The van der Waals surface area contributed by atoms with E-state index in [1.54, 1.807) is 18.2 Å². The minimum atomic E-state index is -4.31. The van der Waals surface area contributed by atoms with Crippen LogP contribution in [0.4, 0.5) is 0 Å². The summed E-state index contributed by atoms with van der Waals surface area (Å²) in [6.45, 7) is 1.94. The second-order valence-corrected chi connectivity index (χ2v) is 4.16. The summed E-state index contributed by atoms with van der Waals surface area (Å²) in [5.74, 6) is 0. The third kappa shape index (κ3) is 4.10. The van der Waals surface area contributed by atoms with Gasteiger partial charge in [-0.1, -0.05) is 31.5 Å². The summed E-state index contributed by atoms with van der Waals surface area (Å²) < 4.78 is 32.3. The normalized spacial score (nSPS) is 10.7. The molecule has 0 saturated heterocycles. The monoisotopic (exact) mass is 238 g/mol. The maximum absolute atomic E-state index is 10.8. The Labute approximate surface area is 127 Å². The number of hydrogen-bond donors (Lipinski definition) is 0. The molecule has 72 valence electrons. The van der Waals surface area contributed by atoms with Crippen LogP contribution >= 0.6 is 0 Å². The second-order valence-electron chi connectivity index (χ2n) is 2.81. The minimum Gasteiger partial charge on any atom is -0.744 e. The molecule has 14 heavy (non-hydrogen) atoms. The standard InChI is InChI=1S/C9H12O3S.K/c1-2-5-8-6-3-4-7-9(8)13(10,11)12;/h3-4,6-7H,2,5H2,1H3,(H,10,11,12);/q;+1/p-1. The van der Waals surface area contributed by atoms with Gasteiger partial charge in [-0.05, 0) is 18.1 Å². The molecule has 3 nitrogen and oxygen atoms in total. The molecule has 0 fully saturated rings. The number of hydrogen-bond acceptors (Lipinski definition) is 3. The van der Waals surface area contributed by atoms with Gasteiger partial charge in [-0.3, -0.25) is 0 Å². The topological polar surface area (TPSA) is 57.2 Å². The molecule has 0 N–H and O–H groups in total. The van der Waals surface area contributed by atoms with Gasteiger partial charge in [-0.2, -0.15) is 0 Å². The van der Waals surface area contributed by atoms with Crippen LogP contribution in [0.2, 0.25) is 0 Å². The van der Waals surface area contributed by atoms with Crippen LogP contribution in [0.5, 0.6) is 0 Å². The van der Waals surface area contributed by atoms with Gasteiger partial charge in [0.25, 0.3) is 0 Å². The van der Waals surface area contributed by atoms with Crippen molar-refractivity contribution in [3.8, 4) is 0 Å². The second kappa shape index (κ2) is 6.37. The minimum absolute atomic E-state index is 0. The molecule has 0 aliphatic rings. The van der Waals surface area contributed by atoms with Crippen LogP contribution in [-0.4, -0.2) is 13.0 Å². The van der Waals surface area contributed by atoms with Gasteiger partial charge < -0.3 is 4.55 Å². The Morgan fingerprint density at radius 2 is 1.86 bits per heavy atom. The first kappa shape index (κ1) is 14.8. The molecule has 0 saturated carbocycles. The van der Waals surface area contributed by atoms with E-state index < -0.39 is 10.1 Å². The van der Waals surface area contributed by atoms with Crippen LogP contribution in [0.3, 0.4) is 0 Å². The van der Waals surface area contributed by atoms with Crippen LogP contribution in [-0.2, 0) is 16.5 Å². The van der Waals surface area contributed by atoms with Crippen LogP contribution in [0, 0.1) is 0 Å². The van der Waals surface area contributed by atoms with Gasteiger partial charge in [0.05, 0.1) is 4.90 Å². The van der Waals surface area contributed by atoms with Crippen molar-refractivity contribution in [2.45, 2.75) is 24.7 Å². The fourth-order valence-corrected chi connectivity index (χ4v) is 1.96. The zero-order valence-corrected chi connectivity index (χ0v) is 12.3. The number of rotatable bonds is 3. The van der Waals surface area contributed by atoms with Crippen molar-refractivity contribution in [3.05, 3.63) is 29.8 Å². The Kier molecular flexibility index (Phi) is 6.72. The Morgan fingerprint density at radius 1 is 1.29 bits per heavy atom. The molecule has 0 radical (unpaired) electrons. The Balaban J connectivity index is 0.00000169. The van der Waals surface area contributed by atoms with Gasteiger partial charge in [0.1, 0.15) is 10.1 Å². The van der Waals surface area contributed by atoms with E-state index >= 15 is 0 Å². The average Bonchev–Trinajstić information content (AvgIpc) is 2.04.